The van der Waals surface area contributed by atoms with Gasteiger partial charge < -0.3 is 25.0 Å². The molecule has 1 unspecified atom stereocenters. The second-order valence-corrected chi connectivity index (χ2v) is 7.47. The van der Waals surface area contributed by atoms with E-state index in [1.165, 1.54) is 18.4 Å². The van der Waals surface area contributed by atoms with E-state index in [2.05, 4.69) is 46.5 Å². The fourth-order valence-corrected chi connectivity index (χ4v) is 3.55. The van der Waals surface area contributed by atoms with E-state index in [1.807, 2.05) is 12.1 Å². The molecule has 2 rings (SSSR count). The van der Waals surface area contributed by atoms with Gasteiger partial charge in [-0.2, -0.15) is 0 Å². The minimum absolute atomic E-state index is 0.295. The summed E-state index contributed by atoms with van der Waals surface area (Å²) in [5.74, 6) is 1.77. The molecular formula is C22H39N5O2. The molecular weight excluding hydrogens is 366 g/mol. The molecule has 1 aliphatic heterocycles. The third-order valence-electron chi connectivity index (χ3n) is 5.31. The topological polar surface area (TPSA) is 61.4 Å². The Hall–Kier alpha value is -1.83. The van der Waals surface area contributed by atoms with Gasteiger partial charge in [-0.25, -0.2) is 0 Å². The Morgan fingerprint density at radius 1 is 1.14 bits per heavy atom. The van der Waals surface area contributed by atoms with Gasteiger partial charge in [-0.05, 0) is 57.6 Å². The van der Waals surface area contributed by atoms with E-state index in [4.69, 9.17) is 14.5 Å². The van der Waals surface area contributed by atoms with Gasteiger partial charge in [0.05, 0.1) is 26.3 Å². The van der Waals surface area contributed by atoms with Gasteiger partial charge in [0.2, 0.25) is 0 Å². The molecule has 0 bridgehead atoms. The molecule has 1 aliphatic rings. The van der Waals surface area contributed by atoms with Crippen LogP contribution in [-0.4, -0.2) is 89.4 Å². The van der Waals surface area contributed by atoms with E-state index in [-0.39, 0.29) is 0 Å². The molecule has 0 amide bonds. The summed E-state index contributed by atoms with van der Waals surface area (Å²) in [5, 5.41) is 6.83. The quantitative estimate of drug-likeness (QED) is 0.410. The van der Waals surface area contributed by atoms with Crippen LogP contribution in [0.25, 0.3) is 0 Å². The number of guanidine groups is 1. The maximum absolute atomic E-state index is 5.32. The van der Waals surface area contributed by atoms with Crippen molar-refractivity contribution in [3.05, 3.63) is 29.8 Å². The number of aliphatic imine (C=N–C) groups is 1. The molecule has 1 saturated heterocycles. The molecule has 1 heterocycles. The zero-order chi connectivity index (χ0) is 20.9. The van der Waals surface area contributed by atoms with Gasteiger partial charge in [0, 0.05) is 33.3 Å². The van der Waals surface area contributed by atoms with Gasteiger partial charge in [0.15, 0.2) is 5.96 Å². The number of ether oxygens (including phenoxy) is 2. The Labute approximate surface area is 176 Å². The highest BCUT2D eigenvalue weighted by Gasteiger charge is 2.23. The van der Waals surface area contributed by atoms with Crippen molar-refractivity contribution in [3.8, 4) is 5.75 Å². The normalized spacial score (nSPS) is 16.2. The van der Waals surface area contributed by atoms with Crippen molar-refractivity contribution in [2.75, 3.05) is 73.7 Å². The standard InChI is InChI=1S/C22H39N5O2/c1-5-23-22(24-12-15-26(2)16-17-28-3)25-18-21(27-13-6-7-14-27)19-8-10-20(29-4)11-9-19/h8-11,21H,5-7,12-18H2,1-4H3,(H2,23,24,25). The van der Waals surface area contributed by atoms with Crippen molar-refractivity contribution in [1.82, 2.24) is 20.4 Å². The Kier molecular flexibility index (Phi) is 10.8. The van der Waals surface area contributed by atoms with Gasteiger partial charge in [0.1, 0.15) is 5.75 Å². The minimum atomic E-state index is 0.295. The average molecular weight is 406 g/mol. The second-order valence-electron chi connectivity index (χ2n) is 7.47. The molecule has 1 aromatic rings. The van der Waals surface area contributed by atoms with Crippen LogP contribution in [0.5, 0.6) is 5.75 Å². The number of nitrogens with zero attached hydrogens (tertiary/aromatic N) is 3. The van der Waals surface area contributed by atoms with Gasteiger partial charge in [-0.3, -0.25) is 9.89 Å². The summed E-state index contributed by atoms with van der Waals surface area (Å²) in [6.07, 6.45) is 2.53. The Bertz CT molecular complexity index is 587. The van der Waals surface area contributed by atoms with Crippen LogP contribution in [0.2, 0.25) is 0 Å². The lowest BCUT2D eigenvalue weighted by Crippen LogP contribution is -2.42. The van der Waals surface area contributed by atoms with Crippen LogP contribution in [0, 0.1) is 0 Å². The van der Waals surface area contributed by atoms with Crippen molar-refractivity contribution in [2.24, 2.45) is 4.99 Å². The number of nitrogens with one attached hydrogen (secondary N) is 2. The predicted octanol–water partition coefficient (Wildman–Crippen LogP) is 1.97. The molecule has 2 N–H and O–H groups in total. The minimum Gasteiger partial charge on any atom is -0.497 e. The monoisotopic (exact) mass is 405 g/mol. The Balaban J connectivity index is 1.98. The maximum Gasteiger partial charge on any atom is 0.191 e. The van der Waals surface area contributed by atoms with Crippen LogP contribution in [0.4, 0.5) is 0 Å². The molecule has 29 heavy (non-hydrogen) atoms. The maximum atomic E-state index is 5.32. The Morgan fingerprint density at radius 2 is 1.86 bits per heavy atom. The molecule has 1 aromatic carbocycles. The highest BCUT2D eigenvalue weighted by atomic mass is 16.5. The van der Waals surface area contributed by atoms with Gasteiger partial charge in [-0.1, -0.05) is 12.1 Å². The number of methoxy groups -OCH3 is 2. The Morgan fingerprint density at radius 3 is 2.48 bits per heavy atom. The molecule has 164 valence electrons. The van der Waals surface area contributed by atoms with E-state index in [0.29, 0.717) is 6.04 Å². The summed E-state index contributed by atoms with van der Waals surface area (Å²) < 4.78 is 10.5. The summed E-state index contributed by atoms with van der Waals surface area (Å²) >= 11 is 0. The lowest BCUT2D eigenvalue weighted by atomic mass is 10.1. The molecule has 7 nitrogen and oxygen atoms in total. The molecule has 0 aromatic heterocycles. The van der Waals surface area contributed by atoms with Crippen molar-refractivity contribution in [2.45, 2.75) is 25.8 Å². The molecule has 7 heteroatoms. The first-order valence-corrected chi connectivity index (χ1v) is 10.8. The van der Waals surface area contributed by atoms with E-state index in [1.54, 1.807) is 14.2 Å². The van der Waals surface area contributed by atoms with Crippen molar-refractivity contribution >= 4 is 5.96 Å². The summed E-state index contributed by atoms with van der Waals surface area (Å²) in [4.78, 5) is 9.72. The van der Waals surface area contributed by atoms with Crippen LogP contribution < -0.4 is 15.4 Å². The van der Waals surface area contributed by atoms with Crippen molar-refractivity contribution < 1.29 is 9.47 Å². The van der Waals surface area contributed by atoms with E-state index in [9.17, 15) is 0 Å². The van der Waals surface area contributed by atoms with Gasteiger partial charge in [0.25, 0.3) is 0 Å². The lowest BCUT2D eigenvalue weighted by molar-refractivity contribution is 0.162. The fourth-order valence-electron chi connectivity index (χ4n) is 3.55. The van der Waals surface area contributed by atoms with Crippen LogP contribution in [0.3, 0.4) is 0 Å². The number of likely N-dealkylation sites (tertiary alicyclic amines) is 1. The first-order chi connectivity index (χ1) is 14.2. The van der Waals surface area contributed by atoms with E-state index < -0.39 is 0 Å². The zero-order valence-corrected chi connectivity index (χ0v) is 18.6. The van der Waals surface area contributed by atoms with E-state index in [0.717, 1.165) is 64.1 Å². The number of rotatable bonds is 12. The summed E-state index contributed by atoms with van der Waals surface area (Å²) in [6, 6.07) is 8.72. The number of hydrogen-bond donors (Lipinski definition) is 2. The molecule has 0 aliphatic carbocycles. The lowest BCUT2D eigenvalue weighted by Gasteiger charge is -2.27. The van der Waals surface area contributed by atoms with Gasteiger partial charge >= 0.3 is 0 Å². The largest absolute Gasteiger partial charge is 0.497 e. The van der Waals surface area contributed by atoms with Crippen molar-refractivity contribution in [1.29, 1.82) is 0 Å². The zero-order valence-electron chi connectivity index (χ0n) is 18.6. The third kappa shape index (κ3) is 8.20. The SMILES string of the molecule is CCNC(=NCC(c1ccc(OC)cc1)N1CCCC1)NCCN(C)CCOC. The van der Waals surface area contributed by atoms with Crippen molar-refractivity contribution in [3.63, 3.8) is 0 Å². The average Bonchev–Trinajstić information content (AvgIpc) is 3.27. The first kappa shape index (κ1) is 23.4. The highest BCUT2D eigenvalue weighted by molar-refractivity contribution is 5.79. The molecule has 0 spiro atoms. The third-order valence-corrected chi connectivity index (χ3v) is 5.31. The molecule has 0 radical (unpaired) electrons. The van der Waals surface area contributed by atoms with E-state index >= 15 is 0 Å². The summed E-state index contributed by atoms with van der Waals surface area (Å²) in [6.45, 7) is 9.45. The molecule has 1 fully saturated rings. The van der Waals surface area contributed by atoms with Crippen LogP contribution in [0.1, 0.15) is 31.4 Å². The number of hydrogen-bond acceptors (Lipinski definition) is 5. The first-order valence-electron chi connectivity index (χ1n) is 10.8. The highest BCUT2D eigenvalue weighted by Crippen LogP contribution is 2.27. The smallest absolute Gasteiger partial charge is 0.191 e. The number of likely N-dealkylation sites (N-methyl/N-ethyl adjacent to an activating group) is 1. The molecule has 1 atom stereocenters. The fraction of sp³-hybridized carbons (Fsp3) is 0.682. The summed E-state index contributed by atoms with van der Waals surface area (Å²) in [7, 11) is 5.55. The second kappa shape index (κ2) is 13.4. The molecule has 0 saturated carbocycles. The summed E-state index contributed by atoms with van der Waals surface area (Å²) in [5.41, 5.74) is 1.30. The van der Waals surface area contributed by atoms with Crippen LogP contribution in [-0.2, 0) is 4.74 Å². The predicted molar refractivity (Wildman–Crippen MR) is 120 cm³/mol. The van der Waals surface area contributed by atoms with Crippen LogP contribution >= 0.6 is 0 Å². The van der Waals surface area contributed by atoms with Gasteiger partial charge in [-0.15, -0.1) is 0 Å². The van der Waals surface area contributed by atoms with Crippen LogP contribution in [0.15, 0.2) is 29.3 Å². The number of benzene rings is 1.